The molecule has 21 heavy (non-hydrogen) atoms. The van der Waals surface area contributed by atoms with Crippen LogP contribution in [0.15, 0.2) is 36.7 Å². The summed E-state index contributed by atoms with van der Waals surface area (Å²) >= 11 is 0. The van der Waals surface area contributed by atoms with Crippen LogP contribution in [0.4, 0.5) is 21.7 Å². The van der Waals surface area contributed by atoms with Gasteiger partial charge in [-0.3, -0.25) is 0 Å². The molecule has 0 saturated carbocycles. The Morgan fingerprint density at radius 1 is 1.05 bits per heavy atom. The quantitative estimate of drug-likeness (QED) is 0.836. The van der Waals surface area contributed by atoms with Crippen molar-refractivity contribution in [3.63, 3.8) is 0 Å². The number of benzene rings is 1. The van der Waals surface area contributed by atoms with E-state index < -0.39 is 0 Å². The van der Waals surface area contributed by atoms with Gasteiger partial charge in [0.05, 0.1) is 0 Å². The van der Waals surface area contributed by atoms with Crippen LogP contribution in [0.25, 0.3) is 0 Å². The molecule has 2 rings (SSSR count). The van der Waals surface area contributed by atoms with Crippen molar-refractivity contribution >= 4 is 17.3 Å². The summed E-state index contributed by atoms with van der Waals surface area (Å²) in [6.45, 7) is 6.25. The van der Waals surface area contributed by atoms with Crippen molar-refractivity contribution in [1.29, 1.82) is 0 Å². The number of hydrogen-bond acceptors (Lipinski definition) is 4. The topological polar surface area (TPSA) is 41.0 Å². The molecule has 0 aliphatic rings. The summed E-state index contributed by atoms with van der Waals surface area (Å²) in [5.41, 5.74) is 0.804. The Kier molecular flexibility index (Phi) is 5.49. The third-order valence-electron chi connectivity index (χ3n) is 3.08. The Hall–Kier alpha value is -2.17. The Balaban J connectivity index is 2.14. The molecule has 0 unspecified atom stereocenters. The number of rotatable bonds is 7. The van der Waals surface area contributed by atoms with Gasteiger partial charge in [-0.05, 0) is 37.1 Å². The van der Waals surface area contributed by atoms with Crippen LogP contribution in [0.1, 0.15) is 26.7 Å². The Labute approximate surface area is 125 Å². The lowest BCUT2D eigenvalue weighted by molar-refractivity contribution is 0.628. The Morgan fingerprint density at radius 2 is 1.71 bits per heavy atom. The lowest BCUT2D eigenvalue weighted by Crippen LogP contribution is -2.25. The molecule has 112 valence electrons. The first-order chi connectivity index (χ1) is 10.2. The van der Waals surface area contributed by atoms with Crippen LogP contribution >= 0.6 is 0 Å². The van der Waals surface area contributed by atoms with Gasteiger partial charge in [-0.25, -0.2) is 14.4 Å². The van der Waals surface area contributed by atoms with Crippen molar-refractivity contribution in [2.24, 2.45) is 0 Å². The largest absolute Gasteiger partial charge is 0.356 e. The zero-order chi connectivity index (χ0) is 15.1. The second-order valence-corrected chi connectivity index (χ2v) is 4.88. The van der Waals surface area contributed by atoms with E-state index in [4.69, 9.17) is 0 Å². The van der Waals surface area contributed by atoms with Crippen LogP contribution < -0.4 is 10.2 Å². The molecule has 0 atom stereocenters. The maximum absolute atomic E-state index is 12.9. The molecule has 0 amide bonds. The molecule has 1 aromatic heterocycles. The zero-order valence-corrected chi connectivity index (χ0v) is 12.5. The maximum atomic E-state index is 12.9. The number of halogens is 1. The van der Waals surface area contributed by atoms with Gasteiger partial charge in [0.2, 0.25) is 0 Å². The highest BCUT2D eigenvalue weighted by atomic mass is 19.1. The molecule has 4 nitrogen and oxygen atoms in total. The molecule has 1 heterocycles. The first kappa shape index (κ1) is 15.2. The minimum Gasteiger partial charge on any atom is -0.356 e. The predicted octanol–water partition coefficient (Wildman–Crippen LogP) is 3.99. The minimum atomic E-state index is -0.249. The number of nitrogens with one attached hydrogen (secondary N) is 1. The van der Waals surface area contributed by atoms with Gasteiger partial charge in [-0.15, -0.1) is 0 Å². The fourth-order valence-corrected chi connectivity index (χ4v) is 2.15. The van der Waals surface area contributed by atoms with Crippen LogP contribution in [0, 0.1) is 5.82 Å². The third-order valence-corrected chi connectivity index (χ3v) is 3.08. The van der Waals surface area contributed by atoms with Gasteiger partial charge < -0.3 is 10.2 Å². The smallest absolute Gasteiger partial charge is 0.135 e. The van der Waals surface area contributed by atoms with Crippen molar-refractivity contribution in [3.05, 3.63) is 42.5 Å². The van der Waals surface area contributed by atoms with Gasteiger partial charge in [0.25, 0.3) is 0 Å². The summed E-state index contributed by atoms with van der Waals surface area (Å²) in [5, 5.41) is 3.17. The van der Waals surface area contributed by atoms with E-state index in [2.05, 4.69) is 34.0 Å². The maximum Gasteiger partial charge on any atom is 0.135 e. The molecule has 0 spiro atoms. The van der Waals surface area contributed by atoms with Gasteiger partial charge in [0.1, 0.15) is 23.8 Å². The van der Waals surface area contributed by atoms with Crippen LogP contribution in [-0.2, 0) is 0 Å². The van der Waals surface area contributed by atoms with Gasteiger partial charge in [0.15, 0.2) is 0 Å². The lowest BCUT2D eigenvalue weighted by atomic mass is 10.3. The monoisotopic (exact) mass is 288 g/mol. The molecule has 5 heteroatoms. The average molecular weight is 288 g/mol. The average Bonchev–Trinajstić information content (AvgIpc) is 2.50. The Morgan fingerprint density at radius 3 is 2.33 bits per heavy atom. The van der Waals surface area contributed by atoms with Gasteiger partial charge in [-0.1, -0.05) is 13.8 Å². The fourth-order valence-electron chi connectivity index (χ4n) is 2.15. The van der Waals surface area contributed by atoms with E-state index in [-0.39, 0.29) is 5.82 Å². The molecule has 1 N–H and O–H groups in total. The van der Waals surface area contributed by atoms with E-state index in [0.29, 0.717) is 5.82 Å². The highest BCUT2D eigenvalue weighted by Crippen LogP contribution is 2.19. The molecule has 1 aromatic carbocycles. The second kappa shape index (κ2) is 7.57. The van der Waals surface area contributed by atoms with Crippen molar-refractivity contribution in [3.8, 4) is 0 Å². The van der Waals surface area contributed by atoms with Crippen molar-refractivity contribution in [2.45, 2.75) is 26.7 Å². The van der Waals surface area contributed by atoms with E-state index in [1.54, 1.807) is 18.5 Å². The number of hydrogen-bond donors (Lipinski definition) is 1. The van der Waals surface area contributed by atoms with Crippen molar-refractivity contribution in [1.82, 2.24) is 9.97 Å². The normalized spacial score (nSPS) is 10.4. The standard InChI is InChI=1S/C16H21FN4/c1-3-9-21(10-4-2)16-11-15(18-12-19-16)20-14-7-5-13(17)6-8-14/h5-8,11-12H,3-4,9-10H2,1-2H3,(H,18,19,20). The zero-order valence-electron chi connectivity index (χ0n) is 12.5. The lowest BCUT2D eigenvalue weighted by Gasteiger charge is -2.22. The van der Waals surface area contributed by atoms with Crippen LogP contribution in [-0.4, -0.2) is 23.1 Å². The van der Waals surface area contributed by atoms with E-state index in [1.807, 2.05) is 6.07 Å². The summed E-state index contributed by atoms with van der Waals surface area (Å²) in [4.78, 5) is 10.8. The van der Waals surface area contributed by atoms with E-state index >= 15 is 0 Å². The summed E-state index contributed by atoms with van der Waals surface area (Å²) in [6.07, 6.45) is 3.70. The minimum absolute atomic E-state index is 0.249. The van der Waals surface area contributed by atoms with Crippen LogP contribution in [0.3, 0.4) is 0 Å². The van der Waals surface area contributed by atoms with Crippen molar-refractivity contribution in [2.75, 3.05) is 23.3 Å². The van der Waals surface area contributed by atoms with E-state index in [0.717, 1.165) is 37.4 Å². The molecular formula is C16H21FN4. The summed E-state index contributed by atoms with van der Waals surface area (Å²) < 4.78 is 12.9. The summed E-state index contributed by atoms with van der Waals surface area (Å²) in [6, 6.07) is 8.14. The molecule has 0 radical (unpaired) electrons. The molecule has 0 bridgehead atoms. The number of aromatic nitrogens is 2. The highest BCUT2D eigenvalue weighted by Gasteiger charge is 2.07. The fraction of sp³-hybridized carbons (Fsp3) is 0.375. The summed E-state index contributed by atoms with van der Waals surface area (Å²) in [5.74, 6) is 1.38. The number of anilines is 3. The first-order valence-electron chi connectivity index (χ1n) is 7.32. The van der Waals surface area contributed by atoms with Crippen LogP contribution in [0.5, 0.6) is 0 Å². The molecule has 2 aromatic rings. The highest BCUT2D eigenvalue weighted by molar-refractivity contribution is 5.59. The molecule has 0 saturated heterocycles. The van der Waals surface area contributed by atoms with Gasteiger partial charge >= 0.3 is 0 Å². The van der Waals surface area contributed by atoms with Gasteiger partial charge in [-0.2, -0.15) is 0 Å². The molecule has 0 aliphatic heterocycles. The first-order valence-corrected chi connectivity index (χ1v) is 7.32. The predicted molar refractivity (Wildman–Crippen MR) is 84.5 cm³/mol. The van der Waals surface area contributed by atoms with Gasteiger partial charge in [0, 0.05) is 24.8 Å². The van der Waals surface area contributed by atoms with Crippen LogP contribution in [0.2, 0.25) is 0 Å². The summed E-state index contributed by atoms with van der Waals surface area (Å²) in [7, 11) is 0. The SMILES string of the molecule is CCCN(CCC)c1cc(Nc2ccc(F)cc2)ncn1. The van der Waals surface area contributed by atoms with E-state index in [1.165, 1.54) is 12.1 Å². The molecule has 0 aliphatic carbocycles. The molecular weight excluding hydrogens is 267 g/mol. The number of nitrogens with zero attached hydrogens (tertiary/aromatic N) is 3. The molecule has 0 fully saturated rings. The second-order valence-electron chi connectivity index (χ2n) is 4.88. The van der Waals surface area contributed by atoms with Crippen molar-refractivity contribution < 1.29 is 4.39 Å². The third kappa shape index (κ3) is 4.41. The Bertz CT molecular complexity index is 550. The van der Waals surface area contributed by atoms with E-state index in [9.17, 15) is 4.39 Å².